The van der Waals surface area contributed by atoms with Crippen molar-refractivity contribution in [1.29, 1.82) is 0 Å². The van der Waals surface area contributed by atoms with E-state index in [0.717, 1.165) is 11.6 Å². The van der Waals surface area contributed by atoms with Crippen molar-refractivity contribution in [3.05, 3.63) is 75.8 Å². The number of aryl methyl sites for hydroxylation is 1. The van der Waals surface area contributed by atoms with Crippen LogP contribution in [0.2, 0.25) is 0 Å². The summed E-state index contributed by atoms with van der Waals surface area (Å²) in [6.07, 6.45) is 2.55. The maximum absolute atomic E-state index is 12.7. The first-order valence-electron chi connectivity index (χ1n) is 10.1. The number of piperazine rings is 1. The number of amides is 1. The fourth-order valence-electron chi connectivity index (χ4n) is 3.18. The average Bonchev–Trinajstić information content (AvgIpc) is 2.81. The summed E-state index contributed by atoms with van der Waals surface area (Å²) in [6, 6.07) is 12.2. The molecule has 0 radical (unpaired) electrons. The molecule has 2 aromatic rings. The van der Waals surface area contributed by atoms with Crippen LogP contribution in [0, 0.1) is 17.0 Å². The van der Waals surface area contributed by atoms with Gasteiger partial charge in [0.1, 0.15) is 0 Å². The number of carbonyl (C=O) groups is 2. The van der Waals surface area contributed by atoms with Gasteiger partial charge in [0.25, 0.3) is 11.6 Å². The topological polar surface area (TPSA) is 127 Å². The van der Waals surface area contributed by atoms with Crippen molar-refractivity contribution in [2.45, 2.75) is 11.8 Å². The molecule has 1 fully saturated rings. The molecule has 0 unspecified atom stereocenters. The van der Waals surface area contributed by atoms with Crippen molar-refractivity contribution < 1.29 is 27.7 Å². The highest BCUT2D eigenvalue weighted by molar-refractivity contribution is 7.89. The minimum Gasteiger partial charge on any atom is -0.452 e. The van der Waals surface area contributed by atoms with Gasteiger partial charge in [0.05, 0.1) is 9.82 Å². The zero-order valence-electron chi connectivity index (χ0n) is 17.9. The minimum atomic E-state index is -3.63. The third-order valence-electron chi connectivity index (χ3n) is 5.10. The lowest BCUT2D eigenvalue weighted by Gasteiger charge is -2.33. The molecule has 1 saturated heterocycles. The predicted molar refractivity (Wildman–Crippen MR) is 120 cm³/mol. The lowest BCUT2D eigenvalue weighted by atomic mass is 10.2. The molecular formula is C22H23N3O7S. The number of carbonyl (C=O) groups excluding carboxylic acids is 2. The molecule has 1 amide bonds. The van der Waals surface area contributed by atoms with E-state index in [2.05, 4.69) is 0 Å². The van der Waals surface area contributed by atoms with Crippen LogP contribution in [-0.2, 0) is 24.3 Å². The monoisotopic (exact) mass is 473 g/mol. The van der Waals surface area contributed by atoms with E-state index in [9.17, 15) is 28.1 Å². The first-order chi connectivity index (χ1) is 15.7. The van der Waals surface area contributed by atoms with Crippen molar-refractivity contribution in [2.75, 3.05) is 32.8 Å². The number of nitrogens with zero attached hydrogens (tertiary/aromatic N) is 3. The molecule has 11 heteroatoms. The van der Waals surface area contributed by atoms with E-state index < -0.39 is 33.4 Å². The van der Waals surface area contributed by atoms with Crippen molar-refractivity contribution >= 4 is 33.7 Å². The maximum Gasteiger partial charge on any atom is 0.331 e. The molecule has 0 N–H and O–H groups in total. The van der Waals surface area contributed by atoms with Crippen molar-refractivity contribution in [3.8, 4) is 0 Å². The summed E-state index contributed by atoms with van der Waals surface area (Å²) in [4.78, 5) is 36.0. The highest BCUT2D eigenvalue weighted by atomic mass is 32.2. The number of hydrogen-bond acceptors (Lipinski definition) is 7. The molecular weight excluding hydrogens is 450 g/mol. The average molecular weight is 474 g/mol. The molecule has 1 heterocycles. The van der Waals surface area contributed by atoms with Gasteiger partial charge in [0, 0.05) is 44.4 Å². The number of non-ortho nitro benzene ring substituents is 1. The van der Waals surface area contributed by atoms with Crippen LogP contribution in [0.4, 0.5) is 5.69 Å². The van der Waals surface area contributed by atoms with Crippen molar-refractivity contribution in [2.24, 2.45) is 0 Å². The largest absolute Gasteiger partial charge is 0.452 e. The summed E-state index contributed by atoms with van der Waals surface area (Å²) < 4.78 is 31.8. The van der Waals surface area contributed by atoms with Crippen LogP contribution in [0.1, 0.15) is 11.1 Å². The molecule has 0 saturated carbocycles. The molecule has 3 rings (SSSR count). The fraction of sp³-hybridized carbons (Fsp3) is 0.273. The van der Waals surface area contributed by atoms with Gasteiger partial charge < -0.3 is 9.64 Å². The Kier molecular flexibility index (Phi) is 7.56. The van der Waals surface area contributed by atoms with E-state index in [1.807, 2.05) is 6.92 Å². The molecule has 1 aliphatic heterocycles. The Balaban J connectivity index is 1.46. The molecule has 33 heavy (non-hydrogen) atoms. The summed E-state index contributed by atoms with van der Waals surface area (Å²) in [7, 11) is -3.63. The molecule has 0 atom stereocenters. The van der Waals surface area contributed by atoms with Gasteiger partial charge in [0.2, 0.25) is 10.0 Å². The third kappa shape index (κ3) is 6.24. The zero-order chi connectivity index (χ0) is 24.0. The van der Waals surface area contributed by atoms with Crippen LogP contribution in [0.15, 0.2) is 59.5 Å². The van der Waals surface area contributed by atoms with E-state index >= 15 is 0 Å². The molecule has 1 aliphatic rings. The van der Waals surface area contributed by atoms with Crippen LogP contribution in [-0.4, -0.2) is 67.2 Å². The first kappa shape index (κ1) is 24.1. The molecule has 0 aliphatic carbocycles. The highest BCUT2D eigenvalue weighted by Gasteiger charge is 2.30. The smallest absolute Gasteiger partial charge is 0.331 e. The van der Waals surface area contributed by atoms with Crippen molar-refractivity contribution in [1.82, 2.24) is 9.21 Å². The van der Waals surface area contributed by atoms with E-state index in [1.54, 1.807) is 24.3 Å². The molecule has 174 valence electrons. The summed E-state index contributed by atoms with van der Waals surface area (Å²) in [5.74, 6) is -1.15. The van der Waals surface area contributed by atoms with E-state index in [4.69, 9.17) is 4.74 Å². The fourth-order valence-corrected chi connectivity index (χ4v) is 4.60. The third-order valence-corrected chi connectivity index (χ3v) is 7.02. The first-order valence-corrected chi connectivity index (χ1v) is 11.5. The van der Waals surface area contributed by atoms with Gasteiger partial charge in [-0.2, -0.15) is 4.31 Å². The van der Waals surface area contributed by atoms with Crippen molar-refractivity contribution in [3.63, 3.8) is 0 Å². The summed E-state index contributed by atoms with van der Waals surface area (Å²) in [6.45, 7) is 2.10. The Morgan fingerprint density at radius 1 is 1.03 bits per heavy atom. The standard InChI is InChI=1S/C22H23N3O7S/c1-17-2-9-20(10-3-17)33(30,31)24-14-12-23(13-15-24)21(26)16-32-22(27)11-6-18-4-7-19(8-5-18)25(28)29/h2-11H,12-16H2,1H3/b11-6+. The Bertz CT molecular complexity index is 1150. The second-order valence-corrected chi connectivity index (χ2v) is 9.33. The second kappa shape index (κ2) is 10.4. The lowest BCUT2D eigenvalue weighted by Crippen LogP contribution is -2.51. The lowest BCUT2D eigenvalue weighted by molar-refractivity contribution is -0.384. The Hall–Kier alpha value is -3.57. The number of sulfonamides is 1. The molecule has 10 nitrogen and oxygen atoms in total. The van der Waals surface area contributed by atoms with Gasteiger partial charge in [0.15, 0.2) is 6.61 Å². The van der Waals surface area contributed by atoms with Gasteiger partial charge in [-0.3, -0.25) is 14.9 Å². The minimum absolute atomic E-state index is 0.0629. The van der Waals surface area contributed by atoms with E-state index in [1.165, 1.54) is 39.5 Å². The second-order valence-electron chi connectivity index (χ2n) is 7.39. The van der Waals surface area contributed by atoms with E-state index in [0.29, 0.717) is 5.56 Å². The molecule has 0 spiro atoms. The van der Waals surface area contributed by atoms with Crippen LogP contribution in [0.25, 0.3) is 6.08 Å². The molecule has 0 aromatic heterocycles. The Morgan fingerprint density at radius 2 is 1.64 bits per heavy atom. The Morgan fingerprint density at radius 3 is 2.21 bits per heavy atom. The van der Waals surface area contributed by atoms with E-state index in [-0.39, 0.29) is 36.8 Å². The molecule has 0 bridgehead atoms. The van der Waals surface area contributed by atoms with Crippen LogP contribution >= 0.6 is 0 Å². The summed E-state index contributed by atoms with van der Waals surface area (Å²) >= 11 is 0. The number of hydrogen-bond donors (Lipinski definition) is 0. The van der Waals surface area contributed by atoms with Gasteiger partial charge in [-0.1, -0.05) is 17.7 Å². The highest BCUT2D eigenvalue weighted by Crippen LogP contribution is 2.18. The SMILES string of the molecule is Cc1ccc(S(=O)(=O)N2CCN(C(=O)COC(=O)/C=C/c3ccc([N+](=O)[O-])cc3)CC2)cc1. The Labute approximate surface area is 191 Å². The number of nitro benzene ring substituents is 1. The normalized spacial score (nSPS) is 14.9. The zero-order valence-corrected chi connectivity index (χ0v) is 18.7. The number of nitro groups is 1. The summed E-state index contributed by atoms with van der Waals surface area (Å²) in [5.41, 5.74) is 1.46. The summed E-state index contributed by atoms with van der Waals surface area (Å²) in [5, 5.41) is 10.6. The number of rotatable bonds is 7. The number of benzene rings is 2. The maximum atomic E-state index is 12.7. The quantitative estimate of drug-likeness (QED) is 0.260. The van der Waals surface area contributed by atoms with Gasteiger partial charge in [-0.15, -0.1) is 0 Å². The van der Waals surface area contributed by atoms with Crippen LogP contribution < -0.4 is 0 Å². The number of esters is 1. The van der Waals surface area contributed by atoms with Gasteiger partial charge in [-0.25, -0.2) is 13.2 Å². The number of ether oxygens (including phenoxy) is 1. The van der Waals surface area contributed by atoms with Crippen LogP contribution in [0.5, 0.6) is 0 Å². The van der Waals surface area contributed by atoms with Gasteiger partial charge in [-0.05, 0) is 42.8 Å². The van der Waals surface area contributed by atoms with Crippen LogP contribution in [0.3, 0.4) is 0 Å². The molecule has 2 aromatic carbocycles. The predicted octanol–water partition coefficient (Wildman–Crippen LogP) is 1.99. The van der Waals surface area contributed by atoms with Gasteiger partial charge >= 0.3 is 5.97 Å².